The predicted octanol–water partition coefficient (Wildman–Crippen LogP) is 2.18. The van der Waals surface area contributed by atoms with Crippen molar-refractivity contribution >= 4 is 27.5 Å². The number of nitrogens with zero attached hydrogens (tertiary/aromatic N) is 1. The van der Waals surface area contributed by atoms with Gasteiger partial charge in [0, 0.05) is 5.39 Å². The van der Waals surface area contributed by atoms with Gasteiger partial charge in [0.2, 0.25) is 0 Å². The third kappa shape index (κ3) is 1.92. The van der Waals surface area contributed by atoms with Crippen LogP contribution in [0.15, 0.2) is 18.3 Å². The molecule has 4 nitrogen and oxygen atoms in total. The summed E-state index contributed by atoms with van der Waals surface area (Å²) in [5.41, 5.74) is 0. The Hall–Kier alpha value is -1.62. The molecule has 78 valence electrons. The van der Waals surface area contributed by atoms with E-state index >= 15 is 0 Å². The molecule has 2 rings (SSSR count). The molecule has 5 heteroatoms. The summed E-state index contributed by atoms with van der Waals surface area (Å²) in [5, 5.41) is 9.96. The first-order valence-corrected chi connectivity index (χ1v) is 5.28. The molecular formula is C10H9NO3S. The number of thiophene rings is 1. The monoisotopic (exact) mass is 223 g/mol. The third-order valence-electron chi connectivity index (χ3n) is 1.83. The molecule has 15 heavy (non-hydrogen) atoms. The van der Waals surface area contributed by atoms with Crippen molar-refractivity contribution < 1.29 is 14.6 Å². The van der Waals surface area contributed by atoms with Crippen LogP contribution in [0.25, 0.3) is 10.2 Å². The van der Waals surface area contributed by atoms with Crippen molar-refractivity contribution in [3.63, 3.8) is 0 Å². The maximum atomic E-state index is 11.4. The van der Waals surface area contributed by atoms with Gasteiger partial charge in [0.05, 0.1) is 12.8 Å². The van der Waals surface area contributed by atoms with Gasteiger partial charge in [0.15, 0.2) is 0 Å². The number of hydrogen-bond donors (Lipinski definition) is 1. The molecule has 2 heterocycles. The van der Waals surface area contributed by atoms with Crippen LogP contribution in [0.4, 0.5) is 0 Å². The lowest BCUT2D eigenvalue weighted by Gasteiger charge is -1.95. The minimum absolute atomic E-state index is 0.0932. The smallest absolute Gasteiger partial charge is 0.348 e. The van der Waals surface area contributed by atoms with Crippen molar-refractivity contribution in [3.8, 4) is 5.75 Å². The lowest BCUT2D eigenvalue weighted by molar-refractivity contribution is 0.0532. The Kier molecular flexibility index (Phi) is 2.55. The summed E-state index contributed by atoms with van der Waals surface area (Å²) in [6.07, 6.45) is 1.35. The van der Waals surface area contributed by atoms with Crippen LogP contribution in [-0.2, 0) is 4.74 Å². The fourth-order valence-electron chi connectivity index (χ4n) is 1.22. The van der Waals surface area contributed by atoms with Gasteiger partial charge in [-0.25, -0.2) is 9.78 Å². The van der Waals surface area contributed by atoms with Crippen LogP contribution in [0, 0.1) is 0 Å². The van der Waals surface area contributed by atoms with Crippen molar-refractivity contribution in [1.29, 1.82) is 0 Å². The first kappa shape index (κ1) is 9.92. The lowest BCUT2D eigenvalue weighted by atomic mass is 10.3. The van der Waals surface area contributed by atoms with Crippen molar-refractivity contribution in [2.75, 3.05) is 6.61 Å². The minimum Gasteiger partial charge on any atom is -0.506 e. The summed E-state index contributed by atoms with van der Waals surface area (Å²) in [7, 11) is 0. The summed E-state index contributed by atoms with van der Waals surface area (Å²) in [6.45, 7) is 2.11. The van der Waals surface area contributed by atoms with Gasteiger partial charge in [-0.15, -0.1) is 11.3 Å². The molecule has 0 aliphatic rings. The van der Waals surface area contributed by atoms with E-state index in [1.165, 1.54) is 17.5 Å². The summed E-state index contributed by atoms with van der Waals surface area (Å²) in [6, 6.07) is 3.24. The Balaban J connectivity index is 2.42. The molecule has 0 unspecified atom stereocenters. The highest BCUT2D eigenvalue weighted by Crippen LogP contribution is 2.26. The van der Waals surface area contributed by atoms with Crippen LogP contribution in [0.2, 0.25) is 0 Å². The molecular weight excluding hydrogens is 214 g/mol. The van der Waals surface area contributed by atoms with E-state index in [-0.39, 0.29) is 11.7 Å². The summed E-state index contributed by atoms with van der Waals surface area (Å²) >= 11 is 1.26. The van der Waals surface area contributed by atoms with Crippen molar-refractivity contribution in [1.82, 2.24) is 4.98 Å². The summed E-state index contributed by atoms with van der Waals surface area (Å²) in [5.74, 6) is -0.254. The van der Waals surface area contributed by atoms with Gasteiger partial charge in [-0.2, -0.15) is 0 Å². The van der Waals surface area contributed by atoms with Crippen LogP contribution >= 0.6 is 11.3 Å². The summed E-state index contributed by atoms with van der Waals surface area (Å²) in [4.78, 5) is 16.6. The van der Waals surface area contributed by atoms with Crippen molar-refractivity contribution in [2.24, 2.45) is 0 Å². The average molecular weight is 223 g/mol. The molecule has 0 saturated carbocycles. The number of hydrogen-bond acceptors (Lipinski definition) is 5. The van der Waals surface area contributed by atoms with E-state index < -0.39 is 0 Å². The Bertz CT molecular complexity index is 506. The number of carbonyl (C=O) groups is 1. The van der Waals surface area contributed by atoms with Crippen LogP contribution in [-0.4, -0.2) is 22.7 Å². The second-order valence-corrected chi connectivity index (χ2v) is 3.95. The molecule has 0 amide bonds. The summed E-state index contributed by atoms with van der Waals surface area (Å²) < 4.78 is 4.87. The highest BCUT2D eigenvalue weighted by atomic mass is 32.1. The van der Waals surface area contributed by atoms with Gasteiger partial charge in [-0.1, -0.05) is 0 Å². The molecule has 2 aromatic heterocycles. The highest BCUT2D eigenvalue weighted by Gasteiger charge is 2.11. The minimum atomic E-state index is -0.347. The maximum Gasteiger partial charge on any atom is 0.348 e. The van der Waals surface area contributed by atoms with E-state index in [0.29, 0.717) is 11.5 Å². The molecule has 0 aromatic carbocycles. The fraction of sp³-hybridized carbons (Fsp3) is 0.200. The largest absolute Gasteiger partial charge is 0.506 e. The zero-order valence-corrected chi connectivity index (χ0v) is 8.87. The normalized spacial score (nSPS) is 10.5. The molecule has 0 atom stereocenters. The fourth-order valence-corrected chi connectivity index (χ4v) is 2.10. The third-order valence-corrected chi connectivity index (χ3v) is 2.87. The van der Waals surface area contributed by atoms with Crippen molar-refractivity contribution in [3.05, 3.63) is 23.2 Å². The predicted molar refractivity (Wildman–Crippen MR) is 57.2 cm³/mol. The molecule has 0 fully saturated rings. The molecule has 0 radical (unpaired) electrons. The first-order valence-electron chi connectivity index (χ1n) is 4.46. The van der Waals surface area contributed by atoms with Gasteiger partial charge in [-0.3, -0.25) is 0 Å². The zero-order chi connectivity index (χ0) is 10.8. The number of aromatic nitrogens is 1. The standard InChI is InChI=1S/C10H9NO3S/c1-2-14-10(13)8-4-6-3-7(12)5-11-9(6)15-8/h3-5,12H,2H2,1H3. The Morgan fingerprint density at radius 1 is 1.60 bits per heavy atom. The maximum absolute atomic E-state index is 11.4. The zero-order valence-electron chi connectivity index (χ0n) is 8.06. The topological polar surface area (TPSA) is 59.4 Å². The first-order chi connectivity index (χ1) is 7.20. The van der Waals surface area contributed by atoms with Gasteiger partial charge in [0.1, 0.15) is 15.5 Å². The Labute approximate surface area is 90.1 Å². The molecule has 2 aromatic rings. The number of ether oxygens (including phenoxy) is 1. The lowest BCUT2D eigenvalue weighted by Crippen LogP contribution is -2.01. The van der Waals surface area contributed by atoms with E-state index in [1.807, 2.05) is 0 Å². The van der Waals surface area contributed by atoms with Crippen LogP contribution < -0.4 is 0 Å². The molecule has 1 N–H and O–H groups in total. The highest BCUT2D eigenvalue weighted by molar-refractivity contribution is 7.20. The Morgan fingerprint density at radius 3 is 3.13 bits per heavy atom. The number of esters is 1. The van der Waals surface area contributed by atoms with Gasteiger partial charge in [-0.05, 0) is 19.1 Å². The number of carbonyl (C=O) groups excluding carboxylic acids is 1. The quantitative estimate of drug-likeness (QED) is 0.793. The number of rotatable bonds is 2. The van der Waals surface area contributed by atoms with E-state index in [2.05, 4.69) is 4.98 Å². The second kappa shape index (κ2) is 3.86. The van der Waals surface area contributed by atoms with E-state index in [9.17, 15) is 9.90 Å². The van der Waals surface area contributed by atoms with E-state index in [1.54, 1.807) is 19.1 Å². The Morgan fingerprint density at radius 2 is 2.40 bits per heavy atom. The molecule has 0 aliphatic carbocycles. The average Bonchev–Trinajstić information content (AvgIpc) is 2.60. The molecule has 0 spiro atoms. The van der Waals surface area contributed by atoms with Crippen LogP contribution in [0.3, 0.4) is 0 Å². The number of aromatic hydroxyl groups is 1. The number of pyridine rings is 1. The SMILES string of the molecule is CCOC(=O)c1cc2cc(O)cnc2s1. The van der Waals surface area contributed by atoms with Crippen LogP contribution in [0.1, 0.15) is 16.6 Å². The van der Waals surface area contributed by atoms with Crippen molar-refractivity contribution in [2.45, 2.75) is 6.92 Å². The van der Waals surface area contributed by atoms with E-state index in [0.717, 1.165) is 10.2 Å². The number of fused-ring (bicyclic) bond motifs is 1. The van der Waals surface area contributed by atoms with Crippen LogP contribution in [0.5, 0.6) is 5.75 Å². The van der Waals surface area contributed by atoms with Gasteiger partial charge < -0.3 is 9.84 Å². The molecule has 0 aliphatic heterocycles. The molecule has 0 bridgehead atoms. The molecule has 0 saturated heterocycles. The van der Waals surface area contributed by atoms with Gasteiger partial charge >= 0.3 is 5.97 Å². The second-order valence-electron chi connectivity index (χ2n) is 2.92. The van der Waals surface area contributed by atoms with E-state index in [4.69, 9.17) is 4.74 Å². The van der Waals surface area contributed by atoms with Gasteiger partial charge in [0.25, 0.3) is 0 Å².